The Labute approximate surface area is 248 Å². The van der Waals surface area contributed by atoms with E-state index in [1.165, 1.54) is 5.56 Å². The fraction of sp³-hybridized carbons (Fsp3) is 0.412. The van der Waals surface area contributed by atoms with Gasteiger partial charge in [-0.15, -0.1) is 0 Å². The summed E-state index contributed by atoms with van der Waals surface area (Å²) in [6, 6.07) is 26.4. The van der Waals surface area contributed by atoms with Crippen molar-refractivity contribution in [2.24, 2.45) is 0 Å². The van der Waals surface area contributed by atoms with Gasteiger partial charge in [-0.2, -0.15) is 0 Å². The largest absolute Gasteiger partial charge is 0.508 e. The molecule has 8 heteroatoms. The van der Waals surface area contributed by atoms with Crippen molar-refractivity contribution < 1.29 is 19.8 Å². The number of amides is 1. The van der Waals surface area contributed by atoms with E-state index in [1.807, 2.05) is 46.2 Å². The Balaban J connectivity index is 1.39. The van der Waals surface area contributed by atoms with Crippen molar-refractivity contribution in [3.63, 3.8) is 0 Å². The average molecular weight is 571 g/mol. The van der Waals surface area contributed by atoms with E-state index < -0.39 is 5.97 Å². The van der Waals surface area contributed by atoms with Crippen LogP contribution in [0.3, 0.4) is 0 Å². The van der Waals surface area contributed by atoms with Crippen molar-refractivity contribution in [2.45, 2.75) is 44.9 Å². The number of phenols is 1. The molecule has 8 nitrogen and oxygen atoms in total. The van der Waals surface area contributed by atoms with Gasteiger partial charge in [0.2, 0.25) is 0 Å². The first kappa shape index (κ1) is 29.8. The van der Waals surface area contributed by atoms with E-state index in [9.17, 15) is 19.8 Å². The summed E-state index contributed by atoms with van der Waals surface area (Å²) in [5.41, 5.74) is 3.95. The van der Waals surface area contributed by atoms with Crippen LogP contribution in [0.2, 0.25) is 0 Å². The first-order chi connectivity index (χ1) is 20.3. The van der Waals surface area contributed by atoms with Crippen molar-refractivity contribution in [2.75, 3.05) is 45.8 Å². The average Bonchev–Trinajstić information content (AvgIpc) is 3.21. The van der Waals surface area contributed by atoms with Gasteiger partial charge >= 0.3 is 5.97 Å². The maximum absolute atomic E-state index is 13.7. The second-order valence-electron chi connectivity index (χ2n) is 11.7. The molecule has 2 heterocycles. The van der Waals surface area contributed by atoms with Gasteiger partial charge in [0.1, 0.15) is 5.75 Å². The first-order valence-corrected chi connectivity index (χ1v) is 14.9. The number of phenolic OH excluding ortho intramolecular Hbond substituents is 1. The van der Waals surface area contributed by atoms with Crippen molar-refractivity contribution >= 4 is 11.9 Å². The van der Waals surface area contributed by atoms with E-state index in [1.54, 1.807) is 6.07 Å². The predicted octanol–water partition coefficient (Wildman–Crippen LogP) is 4.31. The number of carboxylic acids is 1. The number of hydrogen-bond donors (Lipinski definition) is 2. The van der Waals surface area contributed by atoms with Crippen LogP contribution < -0.4 is 0 Å². The summed E-state index contributed by atoms with van der Waals surface area (Å²) < 4.78 is 0. The van der Waals surface area contributed by atoms with Crippen LogP contribution >= 0.6 is 0 Å². The molecule has 222 valence electrons. The van der Waals surface area contributed by atoms with E-state index >= 15 is 0 Å². The van der Waals surface area contributed by atoms with Gasteiger partial charge in [-0.05, 0) is 61.2 Å². The summed E-state index contributed by atoms with van der Waals surface area (Å²) in [6.07, 6.45) is 0.743. The van der Waals surface area contributed by atoms with Gasteiger partial charge in [-0.25, -0.2) is 0 Å². The van der Waals surface area contributed by atoms with Crippen LogP contribution in [0.1, 0.15) is 53.4 Å². The Hall–Kier alpha value is -3.72. The number of piperazine rings is 1. The van der Waals surface area contributed by atoms with Crippen LogP contribution in [0.25, 0.3) is 0 Å². The minimum absolute atomic E-state index is 0.00165. The van der Waals surface area contributed by atoms with Gasteiger partial charge in [0.25, 0.3) is 5.91 Å². The van der Waals surface area contributed by atoms with Crippen molar-refractivity contribution in [3.05, 3.63) is 101 Å². The second kappa shape index (κ2) is 13.5. The van der Waals surface area contributed by atoms with Crippen LogP contribution in [0.5, 0.6) is 5.75 Å². The van der Waals surface area contributed by atoms with Crippen LogP contribution in [-0.2, 0) is 11.3 Å². The van der Waals surface area contributed by atoms with E-state index in [-0.39, 0.29) is 30.3 Å². The zero-order valence-electron chi connectivity index (χ0n) is 24.6. The fourth-order valence-corrected chi connectivity index (χ4v) is 6.44. The molecule has 0 saturated carbocycles. The lowest BCUT2D eigenvalue weighted by Gasteiger charge is -2.47. The minimum Gasteiger partial charge on any atom is -0.508 e. The Bertz CT molecular complexity index is 1370. The molecule has 2 N–H and O–H groups in total. The molecule has 0 spiro atoms. The monoisotopic (exact) mass is 570 g/mol. The standard InChI is InChI=1S/C34H42N4O4/c1-25-22-38(26(2)21-37(25)23-27-9-4-3-5-10-27)33(29-12-7-14-31(39)20-29)28-11-6-13-30(19-28)34(42)36-16-8-15-35(17-18-36)24-32(40)41/h3-7,9-14,19-20,25-26,33,39H,8,15-18,21-24H2,1-2H3,(H,40,41)/t25-,26+,33?/m1/s1. The second-order valence-corrected chi connectivity index (χ2v) is 11.7. The smallest absolute Gasteiger partial charge is 0.317 e. The number of nitrogens with zero attached hydrogens (tertiary/aromatic N) is 4. The molecule has 2 aliphatic rings. The molecule has 3 aromatic carbocycles. The lowest BCUT2D eigenvalue weighted by atomic mass is 9.92. The Morgan fingerprint density at radius 1 is 0.833 bits per heavy atom. The quantitative estimate of drug-likeness (QED) is 0.417. The van der Waals surface area contributed by atoms with Gasteiger partial charge in [0, 0.05) is 63.5 Å². The van der Waals surface area contributed by atoms with Gasteiger partial charge in [0.05, 0.1) is 12.6 Å². The van der Waals surface area contributed by atoms with Gasteiger partial charge in [-0.1, -0.05) is 54.6 Å². The highest BCUT2D eigenvalue weighted by atomic mass is 16.4. The van der Waals surface area contributed by atoms with Crippen molar-refractivity contribution in [3.8, 4) is 5.75 Å². The molecule has 5 rings (SSSR count). The molecule has 1 amide bonds. The first-order valence-electron chi connectivity index (χ1n) is 14.9. The zero-order chi connectivity index (χ0) is 29.6. The summed E-state index contributed by atoms with van der Waals surface area (Å²) in [5, 5.41) is 19.6. The summed E-state index contributed by atoms with van der Waals surface area (Å²) in [5.74, 6) is -0.647. The number of benzene rings is 3. The summed E-state index contributed by atoms with van der Waals surface area (Å²) in [6.45, 7) is 9.51. The number of rotatable bonds is 8. The van der Waals surface area contributed by atoms with E-state index in [2.05, 4.69) is 60.0 Å². The van der Waals surface area contributed by atoms with E-state index in [0.717, 1.165) is 37.2 Å². The zero-order valence-corrected chi connectivity index (χ0v) is 24.6. The molecule has 0 radical (unpaired) electrons. The molecular formula is C34H42N4O4. The van der Waals surface area contributed by atoms with E-state index in [4.69, 9.17) is 0 Å². The van der Waals surface area contributed by atoms with Crippen LogP contribution in [0.15, 0.2) is 78.9 Å². The normalized spacial score (nSPS) is 21.5. The fourth-order valence-electron chi connectivity index (χ4n) is 6.44. The molecule has 42 heavy (non-hydrogen) atoms. The number of carboxylic acid groups (broad SMARTS) is 1. The summed E-state index contributed by atoms with van der Waals surface area (Å²) >= 11 is 0. The lowest BCUT2D eigenvalue weighted by Crippen LogP contribution is -2.56. The van der Waals surface area contributed by atoms with Crippen LogP contribution in [-0.4, -0.2) is 99.6 Å². The number of hydrogen-bond acceptors (Lipinski definition) is 6. The molecule has 3 aromatic rings. The molecule has 3 atom stereocenters. The maximum Gasteiger partial charge on any atom is 0.317 e. The number of aromatic hydroxyl groups is 1. The topological polar surface area (TPSA) is 87.6 Å². The molecule has 1 unspecified atom stereocenters. The predicted molar refractivity (Wildman–Crippen MR) is 163 cm³/mol. The van der Waals surface area contributed by atoms with E-state index in [0.29, 0.717) is 37.8 Å². The highest BCUT2D eigenvalue weighted by Gasteiger charge is 2.35. The summed E-state index contributed by atoms with van der Waals surface area (Å²) in [4.78, 5) is 33.6. The molecule has 0 aliphatic carbocycles. The number of carbonyl (C=O) groups is 2. The molecular weight excluding hydrogens is 528 g/mol. The minimum atomic E-state index is -0.843. The maximum atomic E-state index is 13.7. The number of carbonyl (C=O) groups excluding carboxylic acids is 1. The Morgan fingerprint density at radius 2 is 1.57 bits per heavy atom. The van der Waals surface area contributed by atoms with Crippen LogP contribution in [0.4, 0.5) is 0 Å². The summed E-state index contributed by atoms with van der Waals surface area (Å²) in [7, 11) is 0. The van der Waals surface area contributed by atoms with Crippen LogP contribution in [0, 0.1) is 0 Å². The van der Waals surface area contributed by atoms with Gasteiger partial charge in [-0.3, -0.25) is 24.3 Å². The third-order valence-corrected chi connectivity index (χ3v) is 8.59. The molecule has 2 fully saturated rings. The molecule has 2 saturated heterocycles. The van der Waals surface area contributed by atoms with Gasteiger partial charge < -0.3 is 15.1 Å². The molecule has 2 aliphatic heterocycles. The highest BCUT2D eigenvalue weighted by molar-refractivity contribution is 5.94. The van der Waals surface area contributed by atoms with Gasteiger partial charge in [0.15, 0.2) is 0 Å². The third kappa shape index (κ3) is 7.18. The van der Waals surface area contributed by atoms with Crippen molar-refractivity contribution in [1.29, 1.82) is 0 Å². The third-order valence-electron chi connectivity index (χ3n) is 8.59. The Morgan fingerprint density at radius 3 is 2.31 bits per heavy atom. The molecule has 0 aromatic heterocycles. The SMILES string of the molecule is C[C@@H]1CN(C(c2cccc(O)c2)c2cccc(C(=O)N3CCCN(CC(=O)O)CC3)c2)[C@@H](C)CN1Cc1ccccc1. The molecule has 0 bridgehead atoms. The highest BCUT2D eigenvalue weighted by Crippen LogP contribution is 2.35. The van der Waals surface area contributed by atoms with Crippen molar-refractivity contribution in [1.82, 2.24) is 19.6 Å². The Kier molecular flexibility index (Phi) is 9.57. The lowest BCUT2D eigenvalue weighted by molar-refractivity contribution is -0.138. The number of aliphatic carboxylic acids is 1.